The van der Waals surface area contributed by atoms with Gasteiger partial charge >= 0.3 is 0 Å². The molecule has 16 heavy (non-hydrogen) atoms. The first-order valence-corrected chi connectivity index (χ1v) is 5.37. The predicted molar refractivity (Wildman–Crippen MR) is 65.0 cm³/mol. The van der Waals surface area contributed by atoms with Gasteiger partial charge in [-0.3, -0.25) is 0 Å². The maximum Gasteiger partial charge on any atom is 0.159 e. The molecule has 0 radical (unpaired) electrons. The smallest absolute Gasteiger partial charge is 0.159 e. The van der Waals surface area contributed by atoms with Crippen molar-refractivity contribution >= 4 is 0 Å². The minimum atomic E-state index is 0.632. The zero-order chi connectivity index (χ0) is 11.4. The molecule has 2 N–H and O–H groups in total. The minimum Gasteiger partial charge on any atom is -0.330 e. The molecule has 0 spiro atoms. The molecule has 82 valence electrons. The molecule has 3 heteroatoms. The van der Waals surface area contributed by atoms with Crippen LogP contribution in [-0.2, 0) is 6.42 Å². The van der Waals surface area contributed by atoms with E-state index in [-0.39, 0.29) is 0 Å². The Morgan fingerprint density at radius 2 is 1.94 bits per heavy atom. The molecule has 0 aliphatic carbocycles. The molecule has 1 aromatic carbocycles. The Kier molecular flexibility index (Phi) is 3.27. The monoisotopic (exact) mass is 213 g/mol. The van der Waals surface area contributed by atoms with E-state index in [1.807, 2.05) is 24.5 Å². The molecule has 0 atom stereocenters. The molecule has 0 unspecified atom stereocenters. The van der Waals surface area contributed by atoms with Gasteiger partial charge in [0.2, 0.25) is 0 Å². The molecule has 2 aromatic rings. The highest BCUT2D eigenvalue weighted by atomic mass is 14.9. The van der Waals surface area contributed by atoms with Crippen molar-refractivity contribution in [2.45, 2.75) is 13.3 Å². The van der Waals surface area contributed by atoms with Gasteiger partial charge in [-0.05, 0) is 31.5 Å². The lowest BCUT2D eigenvalue weighted by atomic mass is 10.1. The van der Waals surface area contributed by atoms with Crippen LogP contribution in [0.2, 0.25) is 0 Å². The average Bonchev–Trinajstić information content (AvgIpc) is 2.30. The van der Waals surface area contributed by atoms with Gasteiger partial charge in [0, 0.05) is 18.0 Å². The third-order valence-corrected chi connectivity index (χ3v) is 2.41. The van der Waals surface area contributed by atoms with E-state index in [0.717, 1.165) is 23.4 Å². The van der Waals surface area contributed by atoms with E-state index in [9.17, 15) is 0 Å². The van der Waals surface area contributed by atoms with Crippen LogP contribution in [0.4, 0.5) is 0 Å². The first-order valence-electron chi connectivity index (χ1n) is 5.37. The Morgan fingerprint density at radius 1 is 1.19 bits per heavy atom. The number of aromatic nitrogens is 2. The topological polar surface area (TPSA) is 51.8 Å². The number of benzene rings is 1. The molecule has 0 saturated carbocycles. The fraction of sp³-hybridized carbons (Fsp3) is 0.231. The fourth-order valence-electron chi connectivity index (χ4n) is 1.58. The van der Waals surface area contributed by atoms with E-state index in [1.165, 1.54) is 5.56 Å². The summed E-state index contributed by atoms with van der Waals surface area (Å²) in [6, 6.07) is 8.18. The van der Waals surface area contributed by atoms with Crippen LogP contribution in [-0.4, -0.2) is 16.5 Å². The van der Waals surface area contributed by atoms with Crippen LogP contribution in [0.5, 0.6) is 0 Å². The van der Waals surface area contributed by atoms with Crippen molar-refractivity contribution in [3.63, 3.8) is 0 Å². The van der Waals surface area contributed by atoms with Crippen molar-refractivity contribution in [1.82, 2.24) is 9.97 Å². The summed E-state index contributed by atoms with van der Waals surface area (Å²) in [5.41, 5.74) is 8.83. The largest absolute Gasteiger partial charge is 0.330 e. The van der Waals surface area contributed by atoms with Crippen molar-refractivity contribution < 1.29 is 0 Å². The van der Waals surface area contributed by atoms with Gasteiger partial charge in [0.05, 0.1) is 0 Å². The number of hydrogen-bond acceptors (Lipinski definition) is 3. The molecular weight excluding hydrogens is 198 g/mol. The number of nitrogens with two attached hydrogens (primary N) is 1. The minimum absolute atomic E-state index is 0.632. The van der Waals surface area contributed by atoms with Crippen LogP contribution in [0.25, 0.3) is 11.4 Å². The normalized spacial score (nSPS) is 10.4. The summed E-state index contributed by atoms with van der Waals surface area (Å²) in [7, 11) is 0. The lowest BCUT2D eigenvalue weighted by molar-refractivity contribution is 0.943. The summed E-state index contributed by atoms with van der Waals surface area (Å²) in [6.45, 7) is 2.69. The molecule has 1 aromatic heterocycles. The molecule has 0 amide bonds. The highest BCUT2D eigenvalue weighted by Gasteiger charge is 2.01. The van der Waals surface area contributed by atoms with Crippen LogP contribution < -0.4 is 5.73 Å². The average molecular weight is 213 g/mol. The van der Waals surface area contributed by atoms with Crippen molar-refractivity contribution in [3.05, 3.63) is 47.8 Å². The third-order valence-electron chi connectivity index (χ3n) is 2.41. The van der Waals surface area contributed by atoms with Gasteiger partial charge in [-0.25, -0.2) is 9.97 Å². The number of rotatable bonds is 3. The van der Waals surface area contributed by atoms with E-state index in [1.54, 1.807) is 0 Å². The first kappa shape index (κ1) is 10.8. The van der Waals surface area contributed by atoms with Crippen LogP contribution in [0.3, 0.4) is 0 Å². The van der Waals surface area contributed by atoms with Crippen LogP contribution in [0, 0.1) is 6.92 Å². The van der Waals surface area contributed by atoms with Gasteiger partial charge in [0.1, 0.15) is 0 Å². The van der Waals surface area contributed by atoms with Crippen LogP contribution >= 0.6 is 0 Å². The van der Waals surface area contributed by atoms with E-state index in [4.69, 9.17) is 5.73 Å². The fourth-order valence-corrected chi connectivity index (χ4v) is 1.58. The molecule has 0 bridgehead atoms. The quantitative estimate of drug-likeness (QED) is 0.847. The molecule has 0 saturated heterocycles. The Bertz CT molecular complexity index is 463. The highest BCUT2D eigenvalue weighted by molar-refractivity contribution is 5.55. The second-order valence-corrected chi connectivity index (χ2v) is 3.82. The lowest BCUT2D eigenvalue weighted by Gasteiger charge is -2.02. The summed E-state index contributed by atoms with van der Waals surface area (Å²) in [6.07, 6.45) is 4.52. The van der Waals surface area contributed by atoms with Crippen LogP contribution in [0.1, 0.15) is 11.1 Å². The summed E-state index contributed by atoms with van der Waals surface area (Å²) in [5.74, 6) is 0.768. The Balaban J connectivity index is 2.27. The molecule has 1 heterocycles. The predicted octanol–water partition coefficient (Wildman–Crippen LogP) is 1.95. The second kappa shape index (κ2) is 4.86. The molecule has 3 nitrogen and oxygen atoms in total. The SMILES string of the molecule is Cc1cccc(-c2ncc(CCN)cn2)c1. The first-order chi connectivity index (χ1) is 7.79. The van der Waals surface area contributed by atoms with E-state index in [0.29, 0.717) is 6.54 Å². The van der Waals surface area contributed by atoms with E-state index >= 15 is 0 Å². The Labute approximate surface area is 95.4 Å². The van der Waals surface area contributed by atoms with Gasteiger partial charge in [0.15, 0.2) is 5.82 Å². The Hall–Kier alpha value is -1.74. The van der Waals surface area contributed by atoms with Crippen molar-refractivity contribution in [3.8, 4) is 11.4 Å². The molecular formula is C13H15N3. The van der Waals surface area contributed by atoms with Gasteiger partial charge < -0.3 is 5.73 Å². The summed E-state index contributed by atoms with van der Waals surface area (Å²) >= 11 is 0. The van der Waals surface area contributed by atoms with Gasteiger partial charge in [-0.1, -0.05) is 23.8 Å². The zero-order valence-corrected chi connectivity index (χ0v) is 9.35. The van der Waals surface area contributed by atoms with Gasteiger partial charge in [-0.2, -0.15) is 0 Å². The third kappa shape index (κ3) is 2.44. The number of hydrogen-bond donors (Lipinski definition) is 1. The van der Waals surface area contributed by atoms with Crippen LogP contribution in [0.15, 0.2) is 36.7 Å². The van der Waals surface area contributed by atoms with Crippen molar-refractivity contribution in [2.75, 3.05) is 6.54 Å². The van der Waals surface area contributed by atoms with Crippen molar-refractivity contribution in [1.29, 1.82) is 0 Å². The highest BCUT2D eigenvalue weighted by Crippen LogP contribution is 2.15. The van der Waals surface area contributed by atoms with Crippen molar-refractivity contribution in [2.24, 2.45) is 5.73 Å². The second-order valence-electron chi connectivity index (χ2n) is 3.82. The number of aryl methyl sites for hydroxylation is 1. The number of nitrogens with zero attached hydrogens (tertiary/aromatic N) is 2. The standard InChI is InChI=1S/C13H15N3/c1-10-3-2-4-12(7-10)13-15-8-11(5-6-14)9-16-13/h2-4,7-9H,5-6,14H2,1H3. The van der Waals surface area contributed by atoms with E-state index in [2.05, 4.69) is 29.0 Å². The molecule has 2 rings (SSSR count). The van der Waals surface area contributed by atoms with E-state index < -0.39 is 0 Å². The summed E-state index contributed by atoms with van der Waals surface area (Å²) in [4.78, 5) is 8.68. The maximum atomic E-state index is 5.47. The molecule has 0 aliphatic rings. The molecule has 0 aliphatic heterocycles. The zero-order valence-electron chi connectivity index (χ0n) is 9.35. The van der Waals surface area contributed by atoms with Gasteiger partial charge in [-0.15, -0.1) is 0 Å². The molecule has 0 fully saturated rings. The van der Waals surface area contributed by atoms with Gasteiger partial charge in [0.25, 0.3) is 0 Å². The Morgan fingerprint density at radius 3 is 2.56 bits per heavy atom. The summed E-state index contributed by atoms with van der Waals surface area (Å²) < 4.78 is 0. The maximum absolute atomic E-state index is 5.47. The lowest BCUT2D eigenvalue weighted by Crippen LogP contribution is -2.03. The summed E-state index contributed by atoms with van der Waals surface area (Å²) in [5, 5.41) is 0.